The van der Waals surface area contributed by atoms with Crippen LogP contribution in [-0.4, -0.2) is 11.8 Å². The smallest absolute Gasteiger partial charge is 0.228 e. The first kappa shape index (κ1) is 28.6. The van der Waals surface area contributed by atoms with Crippen LogP contribution in [-0.2, 0) is 28.9 Å². The lowest BCUT2D eigenvalue weighted by molar-refractivity contribution is -0.115. The molecule has 2 aromatic carbocycles. The topological polar surface area (TPSA) is 58.2 Å². The molecule has 0 atom stereocenters. The summed E-state index contributed by atoms with van der Waals surface area (Å²) in [6.07, 6.45) is 16.7. The van der Waals surface area contributed by atoms with Gasteiger partial charge in [-0.15, -0.1) is 0 Å². The van der Waals surface area contributed by atoms with Crippen LogP contribution in [0.3, 0.4) is 0 Å². The van der Waals surface area contributed by atoms with Crippen molar-refractivity contribution < 1.29 is 9.59 Å². The Kier molecular flexibility index (Phi) is 13.0. The molecule has 3 aromatic rings. The van der Waals surface area contributed by atoms with Gasteiger partial charge >= 0.3 is 0 Å². The second kappa shape index (κ2) is 16.8. The number of thiophene rings is 1. The largest absolute Gasteiger partial charge is 0.326 e. The molecule has 0 radical (unpaired) electrons. The number of carbonyl (C=O) groups excluding carboxylic acids is 2. The highest BCUT2D eigenvalue weighted by Gasteiger charge is 2.16. The molecule has 2 amide bonds. The first-order valence-electron chi connectivity index (χ1n) is 13.9. The van der Waals surface area contributed by atoms with Gasteiger partial charge in [-0.1, -0.05) is 101 Å². The number of para-hydroxylation sites is 2. The minimum atomic E-state index is 0.0983. The van der Waals surface area contributed by atoms with E-state index in [4.69, 9.17) is 0 Å². The molecule has 2 aliphatic heterocycles. The van der Waals surface area contributed by atoms with E-state index in [1.807, 2.05) is 59.9 Å². The van der Waals surface area contributed by atoms with Crippen molar-refractivity contribution in [2.45, 2.75) is 90.4 Å². The predicted octanol–water partition coefficient (Wildman–Crippen LogP) is 8.57. The lowest BCUT2D eigenvalue weighted by Crippen LogP contribution is -2.03. The zero-order valence-electron chi connectivity index (χ0n) is 22.3. The van der Waals surface area contributed by atoms with Gasteiger partial charge in [0, 0.05) is 11.4 Å². The van der Waals surface area contributed by atoms with Crippen LogP contribution in [0.2, 0.25) is 0 Å². The Morgan fingerprint density at radius 2 is 1.14 bits per heavy atom. The minimum absolute atomic E-state index is 0.0983. The van der Waals surface area contributed by atoms with E-state index in [9.17, 15) is 9.59 Å². The van der Waals surface area contributed by atoms with Crippen LogP contribution in [0.4, 0.5) is 11.4 Å². The van der Waals surface area contributed by atoms with Crippen molar-refractivity contribution in [2.24, 2.45) is 0 Å². The number of hydrogen-bond donors (Lipinski definition) is 2. The SMILES string of the molecule is CCCCCCCCCCCCc1ccsc1.O=C1Cc2ccccc2N1.O=C1Cc2ccccc2N1. The second-order valence-corrected chi connectivity index (χ2v) is 10.6. The summed E-state index contributed by atoms with van der Waals surface area (Å²) >= 11 is 1.82. The van der Waals surface area contributed by atoms with Gasteiger partial charge in [0.1, 0.15) is 0 Å². The van der Waals surface area contributed by atoms with E-state index in [1.54, 1.807) is 0 Å². The molecule has 0 fully saturated rings. The molecule has 0 unspecified atom stereocenters. The zero-order valence-corrected chi connectivity index (χ0v) is 23.1. The average molecular weight is 519 g/mol. The van der Waals surface area contributed by atoms with Gasteiger partial charge in [-0.2, -0.15) is 11.3 Å². The number of rotatable bonds is 11. The molecule has 2 aliphatic rings. The summed E-state index contributed by atoms with van der Waals surface area (Å²) in [5.74, 6) is 0.197. The Morgan fingerprint density at radius 1 is 0.649 bits per heavy atom. The second-order valence-electron chi connectivity index (χ2n) is 9.83. The van der Waals surface area contributed by atoms with Gasteiger partial charge in [0.2, 0.25) is 11.8 Å². The van der Waals surface area contributed by atoms with Crippen molar-refractivity contribution in [3.8, 4) is 0 Å². The molecule has 0 bridgehead atoms. The Labute approximate surface area is 226 Å². The van der Waals surface area contributed by atoms with Crippen LogP contribution in [0.15, 0.2) is 65.4 Å². The number of fused-ring (bicyclic) bond motifs is 2. The summed E-state index contributed by atoms with van der Waals surface area (Å²) < 4.78 is 0. The lowest BCUT2D eigenvalue weighted by atomic mass is 10.0. The van der Waals surface area contributed by atoms with Crippen LogP contribution in [0.25, 0.3) is 0 Å². The van der Waals surface area contributed by atoms with Crippen molar-refractivity contribution in [1.82, 2.24) is 0 Å². The molecule has 4 nitrogen and oxygen atoms in total. The van der Waals surface area contributed by atoms with Crippen LogP contribution in [0, 0.1) is 0 Å². The molecule has 198 valence electrons. The molecule has 5 heteroatoms. The first-order valence-corrected chi connectivity index (χ1v) is 14.9. The Morgan fingerprint density at radius 3 is 1.59 bits per heavy atom. The fourth-order valence-corrected chi connectivity index (χ4v) is 5.28. The molecule has 0 saturated heterocycles. The molecule has 5 rings (SSSR count). The van der Waals surface area contributed by atoms with E-state index < -0.39 is 0 Å². The van der Waals surface area contributed by atoms with Gasteiger partial charge < -0.3 is 10.6 Å². The van der Waals surface area contributed by atoms with Crippen LogP contribution < -0.4 is 10.6 Å². The summed E-state index contributed by atoms with van der Waals surface area (Å²) in [4.78, 5) is 21.6. The summed E-state index contributed by atoms with van der Waals surface area (Å²) in [6, 6.07) is 17.8. The summed E-state index contributed by atoms with van der Waals surface area (Å²) in [5, 5.41) is 9.99. The third kappa shape index (κ3) is 10.9. The number of unbranched alkanes of at least 4 members (excludes halogenated alkanes) is 9. The third-order valence-electron chi connectivity index (χ3n) is 6.68. The Bertz CT molecular complexity index is 964. The standard InChI is InChI=1S/C16H28S.2C8H7NO/c1-2-3-4-5-6-7-8-9-10-11-12-16-13-14-17-15-16;2*10-8-5-6-3-1-2-4-7(6)9-8/h13-15H,2-12H2,1H3;2*1-4H,5H2,(H,9,10). The number of nitrogens with one attached hydrogen (secondary N) is 2. The normalized spacial score (nSPS) is 12.9. The molecule has 37 heavy (non-hydrogen) atoms. The van der Waals surface area contributed by atoms with Crippen LogP contribution in [0.5, 0.6) is 0 Å². The Balaban J connectivity index is 0.000000162. The van der Waals surface area contributed by atoms with Crippen molar-refractivity contribution in [1.29, 1.82) is 0 Å². The van der Waals surface area contributed by atoms with E-state index in [1.165, 1.54) is 76.2 Å². The zero-order chi connectivity index (χ0) is 26.1. The molecule has 3 heterocycles. The highest BCUT2D eigenvalue weighted by molar-refractivity contribution is 7.07. The van der Waals surface area contributed by atoms with E-state index in [0.717, 1.165) is 22.5 Å². The Hall–Kier alpha value is -2.92. The number of amides is 2. The molecule has 1 aromatic heterocycles. The predicted molar refractivity (Wildman–Crippen MR) is 157 cm³/mol. The van der Waals surface area contributed by atoms with Crippen LogP contribution >= 0.6 is 11.3 Å². The molecule has 2 N–H and O–H groups in total. The average Bonchev–Trinajstić information content (AvgIpc) is 3.64. The molecule has 0 spiro atoms. The monoisotopic (exact) mass is 518 g/mol. The van der Waals surface area contributed by atoms with E-state index in [2.05, 4.69) is 34.4 Å². The third-order valence-corrected chi connectivity index (χ3v) is 7.42. The number of benzene rings is 2. The van der Waals surface area contributed by atoms with Crippen molar-refractivity contribution >= 4 is 34.5 Å². The van der Waals surface area contributed by atoms with E-state index in [0.29, 0.717) is 12.8 Å². The van der Waals surface area contributed by atoms with Crippen molar-refractivity contribution in [3.63, 3.8) is 0 Å². The van der Waals surface area contributed by atoms with E-state index in [-0.39, 0.29) is 11.8 Å². The maximum atomic E-state index is 10.8. The van der Waals surface area contributed by atoms with Gasteiger partial charge in [-0.25, -0.2) is 0 Å². The van der Waals surface area contributed by atoms with Gasteiger partial charge in [0.25, 0.3) is 0 Å². The highest BCUT2D eigenvalue weighted by Crippen LogP contribution is 2.22. The maximum Gasteiger partial charge on any atom is 0.228 e. The maximum absolute atomic E-state index is 10.8. The van der Waals surface area contributed by atoms with Gasteiger partial charge in [0.05, 0.1) is 12.8 Å². The van der Waals surface area contributed by atoms with E-state index >= 15 is 0 Å². The molecular formula is C32H42N2O2S. The number of hydrogen-bond acceptors (Lipinski definition) is 3. The number of anilines is 2. The summed E-state index contributed by atoms with van der Waals surface area (Å²) in [7, 11) is 0. The summed E-state index contributed by atoms with van der Waals surface area (Å²) in [5.41, 5.74) is 5.68. The van der Waals surface area contributed by atoms with Crippen molar-refractivity contribution in [3.05, 3.63) is 82.0 Å². The number of carbonyl (C=O) groups is 2. The highest BCUT2D eigenvalue weighted by atomic mass is 32.1. The minimum Gasteiger partial charge on any atom is -0.326 e. The fourth-order valence-electron chi connectivity index (χ4n) is 4.58. The van der Waals surface area contributed by atoms with Crippen molar-refractivity contribution in [2.75, 3.05) is 10.6 Å². The molecule has 0 saturated carbocycles. The quantitative estimate of drug-likeness (QED) is 0.250. The fraction of sp³-hybridized carbons (Fsp3) is 0.438. The molecular weight excluding hydrogens is 476 g/mol. The number of aryl methyl sites for hydroxylation is 1. The lowest BCUT2D eigenvalue weighted by Gasteiger charge is -2.01. The first-order chi connectivity index (χ1) is 18.2. The van der Waals surface area contributed by atoms with Gasteiger partial charge in [0.15, 0.2) is 0 Å². The molecule has 0 aliphatic carbocycles. The summed E-state index contributed by atoms with van der Waals surface area (Å²) in [6.45, 7) is 2.29. The van der Waals surface area contributed by atoms with Gasteiger partial charge in [-0.3, -0.25) is 9.59 Å². The van der Waals surface area contributed by atoms with Crippen LogP contribution in [0.1, 0.15) is 87.8 Å². The van der Waals surface area contributed by atoms with Gasteiger partial charge in [-0.05, 0) is 58.5 Å².